The Hall–Kier alpha value is -0.120. The van der Waals surface area contributed by atoms with Crippen molar-refractivity contribution in [2.45, 2.75) is 51.7 Å². The molecule has 0 bridgehead atoms. The van der Waals surface area contributed by atoms with Gasteiger partial charge in [-0.1, -0.05) is 0 Å². The Morgan fingerprint density at radius 2 is 1.94 bits per heavy atom. The molecule has 1 heterocycles. The highest BCUT2D eigenvalue weighted by molar-refractivity contribution is 4.91. The fraction of sp³-hybridized carbons (Fsp3) is 1.00. The van der Waals surface area contributed by atoms with E-state index < -0.39 is 0 Å². The zero-order chi connectivity index (χ0) is 12.3. The highest BCUT2D eigenvalue weighted by Crippen LogP contribution is 2.25. The lowest BCUT2D eigenvalue weighted by Gasteiger charge is -2.44. The number of hydrogen-bond donors (Lipinski definition) is 1. The molecule has 0 spiro atoms. The second-order valence-corrected chi connectivity index (χ2v) is 6.19. The molecule has 1 rings (SSSR count). The monoisotopic (exact) mass is 227 g/mol. The van der Waals surface area contributed by atoms with E-state index in [2.05, 4.69) is 56.9 Å². The zero-order valence-electron chi connectivity index (χ0n) is 11.9. The molecule has 1 fully saturated rings. The summed E-state index contributed by atoms with van der Waals surface area (Å²) in [4.78, 5) is 5.15. The van der Waals surface area contributed by atoms with Gasteiger partial charge in [-0.2, -0.15) is 0 Å². The highest BCUT2D eigenvalue weighted by atomic mass is 15.3. The van der Waals surface area contributed by atoms with Crippen LogP contribution in [0.2, 0.25) is 0 Å². The van der Waals surface area contributed by atoms with Crippen LogP contribution < -0.4 is 5.32 Å². The van der Waals surface area contributed by atoms with E-state index in [4.69, 9.17) is 0 Å². The number of hydrogen-bond acceptors (Lipinski definition) is 3. The van der Waals surface area contributed by atoms with E-state index in [0.29, 0.717) is 12.1 Å². The topological polar surface area (TPSA) is 18.5 Å². The molecule has 16 heavy (non-hydrogen) atoms. The third-order valence-corrected chi connectivity index (χ3v) is 3.53. The Bertz CT molecular complexity index is 210. The van der Waals surface area contributed by atoms with Crippen LogP contribution in [0.25, 0.3) is 0 Å². The van der Waals surface area contributed by atoms with Crippen molar-refractivity contribution in [1.82, 2.24) is 15.1 Å². The van der Waals surface area contributed by atoms with E-state index in [1.807, 2.05) is 0 Å². The number of likely N-dealkylation sites (N-methyl/N-ethyl adjacent to an activating group) is 2. The predicted molar refractivity (Wildman–Crippen MR) is 70.9 cm³/mol. The van der Waals surface area contributed by atoms with Gasteiger partial charge in [-0.05, 0) is 54.8 Å². The lowest BCUT2D eigenvalue weighted by atomic mass is 9.99. The van der Waals surface area contributed by atoms with E-state index in [1.54, 1.807) is 0 Å². The van der Waals surface area contributed by atoms with Gasteiger partial charge in [-0.15, -0.1) is 0 Å². The van der Waals surface area contributed by atoms with Gasteiger partial charge in [0, 0.05) is 30.7 Å². The van der Waals surface area contributed by atoms with E-state index in [0.717, 1.165) is 6.54 Å². The maximum absolute atomic E-state index is 3.34. The van der Waals surface area contributed by atoms with Gasteiger partial charge >= 0.3 is 0 Å². The van der Waals surface area contributed by atoms with E-state index in [1.165, 1.54) is 19.5 Å². The number of nitrogens with one attached hydrogen (secondary N) is 1. The van der Waals surface area contributed by atoms with Gasteiger partial charge in [0.25, 0.3) is 0 Å². The fourth-order valence-corrected chi connectivity index (χ4v) is 3.05. The van der Waals surface area contributed by atoms with Crippen LogP contribution in [-0.4, -0.2) is 61.2 Å². The van der Waals surface area contributed by atoms with Gasteiger partial charge in [-0.3, -0.25) is 4.90 Å². The van der Waals surface area contributed by atoms with Crippen molar-refractivity contribution < 1.29 is 0 Å². The molecule has 96 valence electrons. The standard InChI is InChI=1S/C13H29N3/c1-11-7-8-15(6)10-12(9-14-5)16(11)13(2,3)4/h11-12,14H,7-10H2,1-6H3. The number of nitrogens with zero attached hydrogens (tertiary/aromatic N) is 2. The SMILES string of the molecule is CNCC1CN(C)CCC(C)N1C(C)(C)C. The number of rotatable bonds is 2. The quantitative estimate of drug-likeness (QED) is 0.769. The molecule has 3 heteroatoms. The van der Waals surface area contributed by atoms with Crippen LogP contribution in [-0.2, 0) is 0 Å². The van der Waals surface area contributed by atoms with Crippen molar-refractivity contribution in [3.05, 3.63) is 0 Å². The van der Waals surface area contributed by atoms with Crippen molar-refractivity contribution in [1.29, 1.82) is 0 Å². The molecule has 1 aliphatic rings. The Balaban J connectivity index is 2.86. The maximum atomic E-state index is 3.34. The molecule has 2 unspecified atom stereocenters. The van der Waals surface area contributed by atoms with Crippen LogP contribution in [0.15, 0.2) is 0 Å². The van der Waals surface area contributed by atoms with Crippen molar-refractivity contribution in [3.63, 3.8) is 0 Å². The first-order valence-corrected chi connectivity index (χ1v) is 6.48. The molecule has 0 saturated carbocycles. The lowest BCUT2D eigenvalue weighted by Crippen LogP contribution is -2.56. The molecule has 0 radical (unpaired) electrons. The van der Waals surface area contributed by atoms with E-state index in [9.17, 15) is 0 Å². The van der Waals surface area contributed by atoms with E-state index in [-0.39, 0.29) is 5.54 Å². The Labute approximate surface area is 101 Å². The van der Waals surface area contributed by atoms with Crippen molar-refractivity contribution >= 4 is 0 Å². The second kappa shape index (κ2) is 5.48. The molecule has 2 atom stereocenters. The molecular formula is C13H29N3. The van der Waals surface area contributed by atoms with Crippen LogP contribution in [0, 0.1) is 0 Å². The average Bonchev–Trinajstić information content (AvgIpc) is 2.25. The first-order valence-electron chi connectivity index (χ1n) is 6.48. The summed E-state index contributed by atoms with van der Waals surface area (Å²) in [5.41, 5.74) is 0.256. The molecule has 1 aliphatic heterocycles. The van der Waals surface area contributed by atoms with Gasteiger partial charge < -0.3 is 10.2 Å². The van der Waals surface area contributed by atoms with Crippen LogP contribution in [0.4, 0.5) is 0 Å². The first kappa shape index (κ1) is 13.9. The Morgan fingerprint density at radius 3 is 2.44 bits per heavy atom. The molecule has 0 aromatic rings. The third-order valence-electron chi connectivity index (χ3n) is 3.53. The minimum absolute atomic E-state index is 0.256. The van der Waals surface area contributed by atoms with Gasteiger partial charge in [-0.25, -0.2) is 0 Å². The van der Waals surface area contributed by atoms with Gasteiger partial charge in [0.05, 0.1) is 0 Å². The molecule has 1 N–H and O–H groups in total. The van der Waals surface area contributed by atoms with Crippen LogP contribution in [0.5, 0.6) is 0 Å². The largest absolute Gasteiger partial charge is 0.318 e. The summed E-state index contributed by atoms with van der Waals surface area (Å²) >= 11 is 0. The molecule has 0 aliphatic carbocycles. The summed E-state index contributed by atoms with van der Waals surface area (Å²) in [6.45, 7) is 12.8. The molecule has 3 nitrogen and oxygen atoms in total. The van der Waals surface area contributed by atoms with Crippen molar-refractivity contribution in [3.8, 4) is 0 Å². The van der Waals surface area contributed by atoms with Crippen molar-refractivity contribution in [2.75, 3.05) is 33.7 Å². The summed E-state index contributed by atoms with van der Waals surface area (Å²) in [5.74, 6) is 0. The highest BCUT2D eigenvalue weighted by Gasteiger charge is 2.34. The Morgan fingerprint density at radius 1 is 1.31 bits per heavy atom. The maximum Gasteiger partial charge on any atom is 0.0355 e. The minimum atomic E-state index is 0.256. The average molecular weight is 227 g/mol. The van der Waals surface area contributed by atoms with Crippen LogP contribution in [0.1, 0.15) is 34.1 Å². The molecule has 0 aromatic heterocycles. The Kier molecular flexibility index (Phi) is 4.77. The predicted octanol–water partition coefficient (Wildman–Crippen LogP) is 1.40. The molecule has 1 saturated heterocycles. The normalized spacial score (nSPS) is 30.4. The summed E-state index contributed by atoms with van der Waals surface area (Å²) in [7, 11) is 4.29. The zero-order valence-corrected chi connectivity index (χ0v) is 11.9. The van der Waals surface area contributed by atoms with Gasteiger partial charge in [0.1, 0.15) is 0 Å². The molecule has 0 amide bonds. The summed E-state index contributed by atoms with van der Waals surface area (Å²) in [6.07, 6.45) is 1.27. The first-order chi connectivity index (χ1) is 7.36. The summed E-state index contributed by atoms with van der Waals surface area (Å²) in [5, 5.41) is 3.34. The fourth-order valence-electron chi connectivity index (χ4n) is 3.05. The van der Waals surface area contributed by atoms with Crippen LogP contribution in [0.3, 0.4) is 0 Å². The molecule has 0 aromatic carbocycles. The van der Waals surface area contributed by atoms with Crippen molar-refractivity contribution in [2.24, 2.45) is 0 Å². The second-order valence-electron chi connectivity index (χ2n) is 6.19. The summed E-state index contributed by atoms with van der Waals surface area (Å²) in [6, 6.07) is 1.29. The summed E-state index contributed by atoms with van der Waals surface area (Å²) < 4.78 is 0. The third kappa shape index (κ3) is 3.44. The minimum Gasteiger partial charge on any atom is -0.318 e. The van der Waals surface area contributed by atoms with Gasteiger partial charge in [0.15, 0.2) is 0 Å². The molecular weight excluding hydrogens is 198 g/mol. The van der Waals surface area contributed by atoms with E-state index >= 15 is 0 Å². The lowest BCUT2D eigenvalue weighted by molar-refractivity contribution is 0.0450. The smallest absolute Gasteiger partial charge is 0.0355 e. The van der Waals surface area contributed by atoms with Gasteiger partial charge in [0.2, 0.25) is 0 Å². The van der Waals surface area contributed by atoms with Crippen LogP contribution >= 0.6 is 0 Å².